The van der Waals surface area contributed by atoms with E-state index in [1.165, 1.54) is 12.0 Å². The lowest BCUT2D eigenvalue weighted by atomic mass is 9.90. The normalized spacial score (nSPS) is 15.5. The van der Waals surface area contributed by atoms with Crippen LogP contribution in [0.2, 0.25) is 0 Å². The van der Waals surface area contributed by atoms with Gasteiger partial charge >= 0.3 is 0 Å². The van der Waals surface area contributed by atoms with Gasteiger partial charge < -0.3 is 8.92 Å². The van der Waals surface area contributed by atoms with Gasteiger partial charge in [0.1, 0.15) is 12.4 Å². The fraction of sp³-hybridized carbons (Fsp3) is 0.154. The number of hydrogen-bond acceptors (Lipinski definition) is 5. The number of carbonyl (C=O) groups excluding carboxylic acids is 1. The lowest BCUT2D eigenvalue weighted by Crippen LogP contribution is -2.29. The molecule has 5 heteroatoms. The Morgan fingerprint density at radius 1 is 0.968 bits per heavy atom. The molecule has 31 heavy (non-hydrogen) atoms. The summed E-state index contributed by atoms with van der Waals surface area (Å²) in [6, 6.07) is 27.7. The van der Waals surface area contributed by atoms with Gasteiger partial charge in [0, 0.05) is 22.3 Å². The summed E-state index contributed by atoms with van der Waals surface area (Å²) in [5.41, 5.74) is 3.59. The number of rotatable bonds is 6. The molecule has 0 amide bonds. The fourth-order valence-electron chi connectivity index (χ4n) is 3.76. The van der Waals surface area contributed by atoms with E-state index in [2.05, 4.69) is 4.98 Å². The number of ether oxygens (including phenoxy) is 1. The maximum absolute atomic E-state index is 13.1. The molecule has 0 bridgehead atoms. The molecule has 0 fully saturated rings. The average Bonchev–Trinajstić information content (AvgIpc) is 2.82. The van der Waals surface area contributed by atoms with Crippen molar-refractivity contribution in [3.05, 3.63) is 102 Å². The van der Waals surface area contributed by atoms with Crippen LogP contribution in [0.4, 0.5) is 0 Å². The molecule has 1 unspecified atom stereocenters. The fourth-order valence-corrected chi connectivity index (χ4v) is 4.37. The molecule has 4 nitrogen and oxygen atoms in total. The lowest BCUT2D eigenvalue weighted by molar-refractivity contribution is 0.0830. The molecule has 3 aromatic carbocycles. The number of ketones is 1. The zero-order valence-corrected chi connectivity index (χ0v) is 17.7. The van der Waals surface area contributed by atoms with Crippen LogP contribution in [0.5, 0.6) is 5.75 Å². The van der Waals surface area contributed by atoms with E-state index in [0.29, 0.717) is 30.9 Å². The number of benzene rings is 3. The highest BCUT2D eigenvalue weighted by atomic mass is 32.2. The van der Waals surface area contributed by atoms with E-state index in [4.69, 9.17) is 8.92 Å². The summed E-state index contributed by atoms with van der Waals surface area (Å²) in [5.74, 6) is 0.608. The minimum atomic E-state index is -0.169. The first-order chi connectivity index (χ1) is 15.3. The minimum Gasteiger partial charge on any atom is -0.492 e. The Bertz CT molecular complexity index is 1230. The smallest absolute Gasteiger partial charge is 0.173 e. The van der Waals surface area contributed by atoms with E-state index < -0.39 is 0 Å². The van der Waals surface area contributed by atoms with Crippen molar-refractivity contribution >= 4 is 28.7 Å². The summed E-state index contributed by atoms with van der Waals surface area (Å²) in [7, 11) is 0. The molecule has 4 aromatic rings. The SMILES string of the molecule is O=C1c2cc(SOCc3ccc4ccccc4n3)ccc2OCC1Cc1ccccc1. The third-order valence-electron chi connectivity index (χ3n) is 5.37. The summed E-state index contributed by atoms with van der Waals surface area (Å²) >= 11 is 1.25. The van der Waals surface area contributed by atoms with Crippen molar-refractivity contribution in [1.82, 2.24) is 4.98 Å². The highest BCUT2D eigenvalue weighted by molar-refractivity contribution is 7.94. The molecule has 1 aromatic heterocycles. The van der Waals surface area contributed by atoms with Crippen molar-refractivity contribution in [1.29, 1.82) is 0 Å². The molecule has 1 aliphatic rings. The van der Waals surface area contributed by atoms with E-state index in [9.17, 15) is 4.79 Å². The van der Waals surface area contributed by atoms with Crippen LogP contribution in [0.15, 0.2) is 89.8 Å². The molecule has 0 spiro atoms. The van der Waals surface area contributed by atoms with Gasteiger partial charge in [0.15, 0.2) is 5.78 Å². The van der Waals surface area contributed by atoms with Crippen LogP contribution in [0.25, 0.3) is 10.9 Å². The molecule has 2 heterocycles. The average molecular weight is 428 g/mol. The number of para-hydroxylation sites is 1. The number of hydrogen-bond donors (Lipinski definition) is 0. The summed E-state index contributed by atoms with van der Waals surface area (Å²) in [4.78, 5) is 18.6. The van der Waals surface area contributed by atoms with Crippen LogP contribution in [-0.2, 0) is 17.2 Å². The molecule has 0 N–H and O–H groups in total. The maximum Gasteiger partial charge on any atom is 0.173 e. The summed E-state index contributed by atoms with van der Waals surface area (Å²) in [6.07, 6.45) is 0.681. The van der Waals surface area contributed by atoms with Gasteiger partial charge in [-0.05, 0) is 42.3 Å². The van der Waals surface area contributed by atoms with Crippen molar-refractivity contribution in [2.45, 2.75) is 17.9 Å². The number of pyridine rings is 1. The van der Waals surface area contributed by atoms with Gasteiger partial charge in [-0.2, -0.15) is 0 Å². The first kappa shape index (κ1) is 19.8. The van der Waals surface area contributed by atoms with Crippen molar-refractivity contribution in [3.63, 3.8) is 0 Å². The van der Waals surface area contributed by atoms with E-state index in [0.717, 1.165) is 27.1 Å². The Balaban J connectivity index is 1.25. The topological polar surface area (TPSA) is 48.4 Å². The van der Waals surface area contributed by atoms with Gasteiger partial charge in [0.2, 0.25) is 0 Å². The van der Waals surface area contributed by atoms with Crippen molar-refractivity contribution in [2.24, 2.45) is 5.92 Å². The van der Waals surface area contributed by atoms with Crippen LogP contribution in [0.3, 0.4) is 0 Å². The molecule has 1 aliphatic heterocycles. The first-order valence-corrected chi connectivity index (χ1v) is 11.0. The zero-order valence-electron chi connectivity index (χ0n) is 16.9. The number of Topliss-reactive ketones (excluding diaryl/α,β-unsaturated/α-hetero) is 1. The zero-order chi connectivity index (χ0) is 21.0. The number of fused-ring (bicyclic) bond motifs is 2. The molecule has 0 saturated carbocycles. The molecule has 0 saturated heterocycles. The molecule has 0 radical (unpaired) electrons. The molecular weight excluding hydrogens is 406 g/mol. The third kappa shape index (κ3) is 4.48. The van der Waals surface area contributed by atoms with Crippen molar-refractivity contribution in [2.75, 3.05) is 6.61 Å². The molecular formula is C26H21NO3S. The predicted molar refractivity (Wildman–Crippen MR) is 122 cm³/mol. The first-order valence-electron chi connectivity index (χ1n) is 10.3. The highest BCUT2D eigenvalue weighted by Crippen LogP contribution is 2.33. The van der Waals surface area contributed by atoms with E-state index >= 15 is 0 Å². The van der Waals surface area contributed by atoms with Gasteiger partial charge in [0.25, 0.3) is 0 Å². The largest absolute Gasteiger partial charge is 0.492 e. The van der Waals surface area contributed by atoms with Crippen LogP contribution < -0.4 is 4.74 Å². The number of carbonyl (C=O) groups is 1. The standard InChI is InChI=1S/C26H21NO3S/c28-26-20(14-18-6-2-1-3-7-18)16-29-25-13-12-22(15-23(25)26)31-30-17-21-11-10-19-8-4-5-9-24(19)27-21/h1-13,15,20H,14,16-17H2. The predicted octanol–water partition coefficient (Wildman–Crippen LogP) is 5.89. The van der Waals surface area contributed by atoms with Gasteiger partial charge in [-0.3, -0.25) is 9.78 Å². The molecule has 0 aliphatic carbocycles. The third-order valence-corrected chi connectivity index (χ3v) is 6.05. The van der Waals surface area contributed by atoms with Gasteiger partial charge in [0.05, 0.1) is 29.3 Å². The Hall–Kier alpha value is -3.15. The quantitative estimate of drug-likeness (QED) is 0.359. The van der Waals surface area contributed by atoms with Gasteiger partial charge in [-0.25, -0.2) is 0 Å². The second-order valence-electron chi connectivity index (χ2n) is 7.56. The van der Waals surface area contributed by atoms with Crippen molar-refractivity contribution in [3.8, 4) is 5.75 Å². The van der Waals surface area contributed by atoms with Crippen molar-refractivity contribution < 1.29 is 13.7 Å². The molecule has 5 rings (SSSR count). The minimum absolute atomic E-state index is 0.128. The second-order valence-corrected chi connectivity index (χ2v) is 8.43. The number of nitrogens with zero attached hydrogens (tertiary/aromatic N) is 1. The van der Waals surface area contributed by atoms with Crippen LogP contribution in [-0.4, -0.2) is 17.4 Å². The maximum atomic E-state index is 13.1. The Morgan fingerprint density at radius 3 is 2.71 bits per heavy atom. The van der Waals surface area contributed by atoms with Crippen LogP contribution >= 0.6 is 12.0 Å². The van der Waals surface area contributed by atoms with E-state index in [-0.39, 0.29) is 11.7 Å². The van der Waals surface area contributed by atoms with E-state index in [1.807, 2.05) is 84.9 Å². The monoisotopic (exact) mass is 427 g/mol. The number of aromatic nitrogens is 1. The second kappa shape index (κ2) is 8.92. The molecule has 154 valence electrons. The lowest BCUT2D eigenvalue weighted by Gasteiger charge is -2.24. The summed E-state index contributed by atoms with van der Waals surface area (Å²) < 4.78 is 11.7. The van der Waals surface area contributed by atoms with E-state index in [1.54, 1.807) is 0 Å². The Labute approximate surface area is 185 Å². The summed E-state index contributed by atoms with van der Waals surface area (Å²) in [6.45, 7) is 0.797. The van der Waals surface area contributed by atoms with Gasteiger partial charge in [-0.15, -0.1) is 0 Å². The van der Waals surface area contributed by atoms with Crippen LogP contribution in [0, 0.1) is 5.92 Å². The van der Waals surface area contributed by atoms with Gasteiger partial charge in [-0.1, -0.05) is 54.6 Å². The highest BCUT2D eigenvalue weighted by Gasteiger charge is 2.29. The Morgan fingerprint density at radius 2 is 1.81 bits per heavy atom. The Kier molecular flexibility index (Phi) is 5.69. The summed E-state index contributed by atoms with van der Waals surface area (Å²) in [5, 5.41) is 1.11. The van der Waals surface area contributed by atoms with Crippen LogP contribution in [0.1, 0.15) is 21.6 Å². The molecule has 1 atom stereocenters.